The van der Waals surface area contributed by atoms with Crippen LogP contribution in [0.4, 0.5) is 10.2 Å². The zero-order valence-electron chi connectivity index (χ0n) is 19.2. The maximum Gasteiger partial charge on any atom is 0.228 e. The van der Waals surface area contributed by atoms with Crippen LogP contribution in [0.3, 0.4) is 0 Å². The second-order valence-electron chi connectivity index (χ2n) is 8.28. The van der Waals surface area contributed by atoms with Crippen LogP contribution >= 0.6 is 0 Å². The largest absolute Gasteiger partial charge is 0.328 e. The van der Waals surface area contributed by atoms with Gasteiger partial charge in [-0.25, -0.2) is 14.4 Å². The van der Waals surface area contributed by atoms with Crippen molar-refractivity contribution in [2.24, 2.45) is 5.92 Å². The molecule has 3 aromatic rings. The summed E-state index contributed by atoms with van der Waals surface area (Å²) in [7, 11) is 0. The van der Waals surface area contributed by atoms with Crippen molar-refractivity contribution in [3.05, 3.63) is 42.1 Å². The molecule has 31 heavy (non-hydrogen) atoms. The number of anilines is 1. The fraction of sp³-hybridized carbons (Fsp3) is 0.480. The van der Waals surface area contributed by atoms with Crippen molar-refractivity contribution >= 4 is 22.8 Å². The first-order valence-corrected chi connectivity index (χ1v) is 11.4. The first-order chi connectivity index (χ1) is 14.9. The highest BCUT2D eigenvalue weighted by atomic mass is 19.1. The van der Waals surface area contributed by atoms with Crippen LogP contribution in [-0.4, -0.2) is 20.4 Å². The number of aromatic nitrogens is 3. The number of pyridine rings is 1. The lowest BCUT2D eigenvalue weighted by atomic mass is 9.88. The molecule has 4 rings (SSSR count). The molecule has 0 saturated heterocycles. The van der Waals surface area contributed by atoms with E-state index in [0.29, 0.717) is 11.3 Å². The molecule has 0 aliphatic heterocycles. The van der Waals surface area contributed by atoms with Gasteiger partial charge in [0.25, 0.3) is 0 Å². The van der Waals surface area contributed by atoms with Crippen molar-refractivity contribution < 1.29 is 12.0 Å². The van der Waals surface area contributed by atoms with Crippen LogP contribution in [-0.2, 0) is 4.79 Å². The number of hydrogen-bond donors (Lipinski definition) is 1. The third kappa shape index (κ3) is 4.94. The number of fused-ring (bicyclic) bond motifs is 1. The van der Waals surface area contributed by atoms with Gasteiger partial charge in [-0.05, 0) is 68.5 Å². The van der Waals surface area contributed by atoms with Crippen molar-refractivity contribution in [2.45, 2.75) is 72.8 Å². The number of nitrogens with one attached hydrogen (secondary N) is 1. The molecule has 0 atom stereocenters. The zero-order valence-corrected chi connectivity index (χ0v) is 19.2. The molecule has 0 bridgehead atoms. The summed E-state index contributed by atoms with van der Waals surface area (Å²) in [6.07, 6.45) is 8.70. The maximum absolute atomic E-state index is 14.7. The standard InChI is InChI=1S/C23H27FN4O.C2H6.2H2/c1-14(2)28-13-26-22-19(24)9-17(10-20(22)28)18-11-21(25-12-15(18)3)27-23(29)16-7-5-4-6-8-16;1-2;;/h9-14,16H,4-8H2,1-3H3,(H,25,27,29);1-2H3;2*1H. The molecular formula is C25H37FN4O. The monoisotopic (exact) mass is 428 g/mol. The van der Waals surface area contributed by atoms with Gasteiger partial charge in [-0.2, -0.15) is 0 Å². The summed E-state index contributed by atoms with van der Waals surface area (Å²) in [5.41, 5.74) is 3.68. The van der Waals surface area contributed by atoms with Gasteiger partial charge in [-0.15, -0.1) is 0 Å². The van der Waals surface area contributed by atoms with Crippen molar-refractivity contribution in [2.75, 3.05) is 5.32 Å². The molecule has 170 valence electrons. The Morgan fingerprint density at radius 1 is 1.16 bits per heavy atom. The molecule has 1 aromatic carbocycles. The first-order valence-electron chi connectivity index (χ1n) is 11.4. The van der Waals surface area contributed by atoms with Gasteiger partial charge in [0.2, 0.25) is 5.91 Å². The summed E-state index contributed by atoms with van der Waals surface area (Å²) < 4.78 is 16.7. The van der Waals surface area contributed by atoms with E-state index in [4.69, 9.17) is 0 Å². The number of imidazole rings is 1. The molecule has 0 spiro atoms. The number of nitrogens with zero attached hydrogens (tertiary/aromatic N) is 3. The highest BCUT2D eigenvalue weighted by molar-refractivity contribution is 5.92. The molecule has 2 heterocycles. The van der Waals surface area contributed by atoms with E-state index in [2.05, 4.69) is 15.3 Å². The van der Waals surface area contributed by atoms with Gasteiger partial charge in [0.15, 0.2) is 5.82 Å². The van der Waals surface area contributed by atoms with Gasteiger partial charge in [0.05, 0.1) is 11.8 Å². The molecule has 1 saturated carbocycles. The number of benzene rings is 1. The van der Waals surface area contributed by atoms with Crippen molar-refractivity contribution in [1.82, 2.24) is 14.5 Å². The van der Waals surface area contributed by atoms with Crippen LogP contribution in [0.1, 0.15) is 74.3 Å². The number of carbonyl (C=O) groups is 1. The summed E-state index contributed by atoms with van der Waals surface area (Å²) in [5, 5.41) is 2.96. The second-order valence-corrected chi connectivity index (χ2v) is 8.28. The number of hydrogen-bond acceptors (Lipinski definition) is 3. The Balaban J connectivity index is 0.00000133. The lowest BCUT2D eigenvalue weighted by Gasteiger charge is -2.20. The molecule has 0 unspecified atom stereocenters. The fourth-order valence-corrected chi connectivity index (χ4v) is 4.15. The number of amides is 1. The van der Waals surface area contributed by atoms with Crippen LogP contribution in [0.5, 0.6) is 0 Å². The molecular weight excluding hydrogens is 391 g/mol. The molecule has 1 N–H and O–H groups in total. The molecule has 6 heteroatoms. The van der Waals surface area contributed by atoms with Crippen molar-refractivity contribution in [3.8, 4) is 11.1 Å². The molecule has 2 aromatic heterocycles. The number of halogens is 1. The number of aryl methyl sites for hydroxylation is 1. The Morgan fingerprint density at radius 3 is 2.55 bits per heavy atom. The van der Waals surface area contributed by atoms with Crippen LogP contribution in [0.2, 0.25) is 0 Å². The van der Waals surface area contributed by atoms with E-state index in [-0.39, 0.29) is 26.5 Å². The lowest BCUT2D eigenvalue weighted by molar-refractivity contribution is -0.120. The number of rotatable bonds is 4. The van der Waals surface area contributed by atoms with E-state index < -0.39 is 0 Å². The van der Waals surface area contributed by atoms with Crippen molar-refractivity contribution in [3.63, 3.8) is 0 Å². The van der Waals surface area contributed by atoms with E-state index in [1.54, 1.807) is 12.5 Å². The van der Waals surface area contributed by atoms with Gasteiger partial charge >= 0.3 is 0 Å². The van der Waals surface area contributed by atoms with Gasteiger partial charge in [0.1, 0.15) is 11.3 Å². The summed E-state index contributed by atoms with van der Waals surface area (Å²) >= 11 is 0. The van der Waals surface area contributed by atoms with Gasteiger partial charge in [0, 0.05) is 21.0 Å². The molecule has 0 radical (unpaired) electrons. The SMILES string of the molecule is CC.Cc1cnc(NC(=O)C2CCCCC2)cc1-c1cc(F)c2ncn(C(C)C)c2c1.[HH].[HH]. The summed E-state index contributed by atoms with van der Waals surface area (Å²) in [5.74, 6) is 0.260. The summed E-state index contributed by atoms with van der Waals surface area (Å²) in [6.45, 7) is 10.0. The topological polar surface area (TPSA) is 59.8 Å². The van der Waals surface area contributed by atoms with E-state index in [9.17, 15) is 9.18 Å². The average Bonchev–Trinajstić information content (AvgIpc) is 3.22. The Hall–Kier alpha value is -2.76. The van der Waals surface area contributed by atoms with Crippen LogP contribution < -0.4 is 5.32 Å². The Labute approximate surface area is 187 Å². The molecule has 1 aliphatic carbocycles. The second kappa shape index (κ2) is 10.0. The normalized spacial score (nSPS) is 14.4. The van der Waals surface area contributed by atoms with E-state index >= 15 is 0 Å². The van der Waals surface area contributed by atoms with Gasteiger partial charge in [-0.1, -0.05) is 33.1 Å². The van der Waals surface area contributed by atoms with E-state index in [1.165, 1.54) is 12.5 Å². The smallest absolute Gasteiger partial charge is 0.228 e. The third-order valence-corrected chi connectivity index (χ3v) is 5.83. The molecule has 1 aliphatic rings. The summed E-state index contributed by atoms with van der Waals surface area (Å²) in [4.78, 5) is 21.2. The molecule has 5 nitrogen and oxygen atoms in total. The van der Waals surface area contributed by atoms with Gasteiger partial charge in [-0.3, -0.25) is 4.79 Å². The average molecular weight is 429 g/mol. The third-order valence-electron chi connectivity index (χ3n) is 5.83. The molecule has 1 amide bonds. The molecule has 1 fully saturated rings. The Morgan fingerprint density at radius 2 is 1.87 bits per heavy atom. The van der Waals surface area contributed by atoms with Crippen LogP contribution in [0, 0.1) is 18.7 Å². The fourth-order valence-electron chi connectivity index (χ4n) is 4.15. The van der Waals surface area contributed by atoms with Crippen LogP contribution in [0.25, 0.3) is 22.2 Å². The quantitative estimate of drug-likeness (QED) is 0.479. The predicted molar refractivity (Wildman–Crippen MR) is 129 cm³/mol. The Bertz CT molecular complexity index is 1060. The van der Waals surface area contributed by atoms with E-state index in [0.717, 1.165) is 47.9 Å². The lowest BCUT2D eigenvalue weighted by Crippen LogP contribution is -2.25. The zero-order chi connectivity index (χ0) is 22.5. The predicted octanol–water partition coefficient (Wildman–Crippen LogP) is 7.16. The highest BCUT2D eigenvalue weighted by Crippen LogP contribution is 2.31. The minimum Gasteiger partial charge on any atom is -0.328 e. The van der Waals surface area contributed by atoms with Gasteiger partial charge < -0.3 is 9.88 Å². The highest BCUT2D eigenvalue weighted by Gasteiger charge is 2.22. The van der Waals surface area contributed by atoms with Crippen LogP contribution in [0.15, 0.2) is 30.7 Å². The number of carbonyl (C=O) groups excluding carboxylic acids is 1. The van der Waals surface area contributed by atoms with E-state index in [1.807, 2.05) is 51.3 Å². The first kappa shape index (κ1) is 22.9. The maximum atomic E-state index is 14.7. The minimum atomic E-state index is -0.346. The summed E-state index contributed by atoms with van der Waals surface area (Å²) in [6, 6.07) is 5.49. The minimum absolute atomic E-state index is 0. The van der Waals surface area contributed by atoms with Crippen molar-refractivity contribution in [1.29, 1.82) is 0 Å². The Kier molecular flexibility index (Phi) is 7.42.